The maximum atomic E-state index is 13.8. The van der Waals surface area contributed by atoms with E-state index in [0.717, 1.165) is 36.9 Å². The van der Waals surface area contributed by atoms with Gasteiger partial charge in [0.15, 0.2) is 0 Å². The lowest BCUT2D eigenvalue weighted by Crippen LogP contribution is -2.57. The first kappa shape index (κ1) is 30.3. The lowest BCUT2D eigenvalue weighted by molar-refractivity contribution is -0.142. The number of carbonyl (C=O) groups excluding carboxylic acids is 3. The summed E-state index contributed by atoms with van der Waals surface area (Å²) < 4.78 is 0. The van der Waals surface area contributed by atoms with Crippen LogP contribution in [0, 0.1) is 0 Å². The smallest absolute Gasteiger partial charge is 0.245 e. The van der Waals surface area contributed by atoms with E-state index >= 15 is 0 Å². The molecule has 0 radical (unpaired) electrons. The van der Waals surface area contributed by atoms with E-state index in [2.05, 4.69) is 16.0 Å². The summed E-state index contributed by atoms with van der Waals surface area (Å²) in [6.45, 7) is 1.63. The maximum absolute atomic E-state index is 13.8. The zero-order valence-corrected chi connectivity index (χ0v) is 23.6. The Labute approximate surface area is 240 Å². The summed E-state index contributed by atoms with van der Waals surface area (Å²) in [6.07, 6.45) is 3.96. The van der Waals surface area contributed by atoms with Crippen molar-refractivity contribution in [3.8, 4) is 22.6 Å². The number of nitrogens with two attached hydrogens (primary N) is 2. The molecule has 2 heterocycles. The second-order valence-electron chi connectivity index (χ2n) is 11.1. The van der Waals surface area contributed by atoms with Crippen LogP contribution in [0.4, 0.5) is 0 Å². The number of nitrogens with one attached hydrogen (secondary N) is 3. The van der Waals surface area contributed by atoms with Crippen LogP contribution in [0.5, 0.6) is 11.5 Å². The van der Waals surface area contributed by atoms with Crippen LogP contribution in [-0.2, 0) is 27.2 Å². The highest BCUT2D eigenvalue weighted by molar-refractivity contribution is 5.93. The average molecular weight is 567 g/mol. The number of fused-ring (bicyclic) bond motifs is 5. The van der Waals surface area contributed by atoms with Gasteiger partial charge in [0, 0.05) is 32.5 Å². The van der Waals surface area contributed by atoms with Gasteiger partial charge in [0.25, 0.3) is 0 Å². The lowest BCUT2D eigenvalue weighted by atomic mass is 9.95. The van der Waals surface area contributed by atoms with Crippen LogP contribution in [0.3, 0.4) is 0 Å². The summed E-state index contributed by atoms with van der Waals surface area (Å²) in [4.78, 5) is 41.9. The van der Waals surface area contributed by atoms with Crippen molar-refractivity contribution in [2.75, 3.05) is 26.7 Å². The molecule has 1 unspecified atom stereocenters. The number of rotatable bonds is 6. The highest BCUT2D eigenvalue weighted by Gasteiger charge is 2.34. The van der Waals surface area contributed by atoms with E-state index in [1.165, 1.54) is 18.0 Å². The Hall–Kier alpha value is -3.67. The number of hydrogen-bond donors (Lipinski definition) is 7. The van der Waals surface area contributed by atoms with E-state index < -0.39 is 29.9 Å². The molecule has 0 spiro atoms. The van der Waals surface area contributed by atoms with Gasteiger partial charge in [0.1, 0.15) is 23.6 Å². The van der Waals surface area contributed by atoms with Crippen molar-refractivity contribution >= 4 is 17.7 Å². The van der Waals surface area contributed by atoms with Gasteiger partial charge in [0.2, 0.25) is 17.7 Å². The fourth-order valence-corrected chi connectivity index (χ4v) is 5.50. The first-order valence-electron chi connectivity index (χ1n) is 14.4. The molecule has 2 aromatic rings. The molecule has 4 bridgehead atoms. The Morgan fingerprint density at radius 3 is 2.32 bits per heavy atom. The van der Waals surface area contributed by atoms with Crippen molar-refractivity contribution in [2.24, 2.45) is 11.5 Å². The number of carbonyl (C=O) groups is 3. The number of nitrogens with zero attached hydrogens (tertiary/aromatic N) is 1. The standard InChI is InChI=1S/C30H42N6O5/c1-36-25(29(40)34-17-22-5-2-3-12-33-22)16-21-14-19(8-10-27(21)38)18-7-9-26(37)20(13-18)15-23(32)28(39)35-24(30(36)41)6-4-11-31/h7-10,13-14,22-25,33,37-38H,2-6,11-12,15-17,31-32H2,1H3,(H,34,40)(H,35,39)/t22?,23-,24-,25-/m0/s1. The second kappa shape index (κ2) is 13.8. The van der Waals surface area contributed by atoms with E-state index in [1.807, 2.05) is 0 Å². The van der Waals surface area contributed by atoms with Gasteiger partial charge in [-0.05, 0) is 85.3 Å². The number of hydrogen-bond acceptors (Lipinski definition) is 8. The number of piperidine rings is 1. The van der Waals surface area contributed by atoms with Gasteiger partial charge in [-0.3, -0.25) is 14.4 Å². The Kier molecular flexibility index (Phi) is 10.2. The van der Waals surface area contributed by atoms with Crippen LogP contribution in [0.25, 0.3) is 11.1 Å². The molecular formula is C30H42N6O5. The summed E-state index contributed by atoms with van der Waals surface area (Å²) in [5, 5.41) is 30.4. The molecule has 2 aliphatic rings. The SMILES string of the molecule is CN1C(=O)[C@H](CCCN)NC(=O)[C@@H](N)Cc2cc(ccc2O)-c2ccc(O)c(c2)C[C@H]1C(=O)NCC1CCCCN1. The van der Waals surface area contributed by atoms with Gasteiger partial charge in [0.05, 0.1) is 6.04 Å². The van der Waals surface area contributed by atoms with Crippen molar-refractivity contribution in [3.63, 3.8) is 0 Å². The number of phenolic OH excluding ortho intramolecular Hbond substituents is 2. The highest BCUT2D eigenvalue weighted by Crippen LogP contribution is 2.31. The van der Waals surface area contributed by atoms with Crippen molar-refractivity contribution in [2.45, 2.75) is 69.1 Å². The fraction of sp³-hybridized carbons (Fsp3) is 0.500. The molecule has 2 aliphatic heterocycles. The topological polar surface area (TPSA) is 183 Å². The predicted molar refractivity (Wildman–Crippen MR) is 156 cm³/mol. The fourth-order valence-electron chi connectivity index (χ4n) is 5.50. The summed E-state index contributed by atoms with van der Waals surface area (Å²) in [6, 6.07) is 7.30. The minimum Gasteiger partial charge on any atom is -0.508 e. The van der Waals surface area contributed by atoms with Crippen LogP contribution in [0.15, 0.2) is 36.4 Å². The van der Waals surface area contributed by atoms with Crippen molar-refractivity contribution in [3.05, 3.63) is 47.5 Å². The molecule has 0 aliphatic carbocycles. The number of amides is 3. The molecule has 0 aromatic heterocycles. The van der Waals surface area contributed by atoms with E-state index in [0.29, 0.717) is 30.6 Å². The van der Waals surface area contributed by atoms with Gasteiger partial charge in [-0.15, -0.1) is 0 Å². The second-order valence-corrected chi connectivity index (χ2v) is 11.1. The number of benzene rings is 2. The first-order chi connectivity index (χ1) is 19.7. The lowest BCUT2D eigenvalue weighted by Gasteiger charge is -2.32. The van der Waals surface area contributed by atoms with Crippen molar-refractivity contribution in [1.29, 1.82) is 0 Å². The molecule has 11 nitrogen and oxygen atoms in total. The first-order valence-corrected chi connectivity index (χ1v) is 14.4. The van der Waals surface area contributed by atoms with Gasteiger partial charge < -0.3 is 42.5 Å². The minimum atomic E-state index is -1.03. The number of likely N-dealkylation sites (N-methyl/N-ethyl adjacent to an activating group) is 1. The molecule has 4 rings (SSSR count). The third kappa shape index (κ3) is 7.55. The molecule has 41 heavy (non-hydrogen) atoms. The average Bonchev–Trinajstić information content (AvgIpc) is 2.98. The molecule has 0 saturated carbocycles. The molecular weight excluding hydrogens is 524 g/mol. The summed E-state index contributed by atoms with van der Waals surface area (Å²) in [7, 11) is 1.53. The molecule has 222 valence electrons. The van der Waals surface area contributed by atoms with E-state index in [4.69, 9.17) is 11.5 Å². The molecule has 11 heteroatoms. The van der Waals surface area contributed by atoms with Crippen LogP contribution in [0.2, 0.25) is 0 Å². The molecule has 3 amide bonds. The van der Waals surface area contributed by atoms with Crippen LogP contribution < -0.4 is 27.4 Å². The Balaban J connectivity index is 1.73. The van der Waals surface area contributed by atoms with Crippen molar-refractivity contribution in [1.82, 2.24) is 20.9 Å². The Morgan fingerprint density at radius 1 is 1.05 bits per heavy atom. The molecule has 9 N–H and O–H groups in total. The largest absolute Gasteiger partial charge is 0.508 e. The molecule has 4 atom stereocenters. The van der Waals surface area contributed by atoms with Gasteiger partial charge in [-0.1, -0.05) is 18.6 Å². The summed E-state index contributed by atoms with van der Waals surface area (Å²) in [5.41, 5.74) is 14.4. The molecule has 1 fully saturated rings. The molecule has 2 aromatic carbocycles. The van der Waals surface area contributed by atoms with E-state index in [9.17, 15) is 24.6 Å². The van der Waals surface area contributed by atoms with Crippen LogP contribution >= 0.6 is 0 Å². The third-order valence-electron chi connectivity index (χ3n) is 8.05. The quantitative estimate of drug-likeness (QED) is 0.264. The summed E-state index contributed by atoms with van der Waals surface area (Å²) >= 11 is 0. The van der Waals surface area contributed by atoms with Crippen molar-refractivity contribution < 1.29 is 24.6 Å². The minimum absolute atomic E-state index is 0.000000368. The monoisotopic (exact) mass is 566 g/mol. The van der Waals surface area contributed by atoms with Crippen LogP contribution in [-0.4, -0.2) is 83.7 Å². The normalized spacial score (nSPS) is 23.7. The number of aromatic hydroxyl groups is 2. The van der Waals surface area contributed by atoms with Gasteiger partial charge >= 0.3 is 0 Å². The van der Waals surface area contributed by atoms with E-state index in [1.54, 1.807) is 30.3 Å². The third-order valence-corrected chi connectivity index (χ3v) is 8.05. The van der Waals surface area contributed by atoms with Gasteiger partial charge in [-0.2, -0.15) is 0 Å². The van der Waals surface area contributed by atoms with Gasteiger partial charge in [-0.25, -0.2) is 0 Å². The predicted octanol–water partition coefficient (Wildman–Crippen LogP) is 0.500. The number of phenols is 2. The highest BCUT2D eigenvalue weighted by atomic mass is 16.3. The van der Waals surface area contributed by atoms with E-state index in [-0.39, 0.29) is 42.7 Å². The zero-order chi connectivity index (χ0) is 29.5. The Morgan fingerprint density at radius 2 is 1.71 bits per heavy atom. The zero-order valence-electron chi connectivity index (χ0n) is 23.6. The Bertz CT molecular complexity index is 1250. The molecule has 1 saturated heterocycles. The maximum Gasteiger partial charge on any atom is 0.245 e. The summed E-state index contributed by atoms with van der Waals surface area (Å²) in [5.74, 6) is -1.35. The van der Waals surface area contributed by atoms with Crippen LogP contribution in [0.1, 0.15) is 43.2 Å².